The van der Waals surface area contributed by atoms with Crippen molar-refractivity contribution in [1.82, 2.24) is 4.90 Å². The molecule has 17 heteroatoms. The highest BCUT2D eigenvalue weighted by atomic mass is 16.6. The first-order valence-electron chi connectivity index (χ1n) is 26.4. The molecular weight excluding hydrogens is 943 g/mol. The lowest BCUT2D eigenvalue weighted by Crippen LogP contribution is -2.61. The van der Waals surface area contributed by atoms with Crippen molar-refractivity contribution in [3.05, 3.63) is 47.6 Å². The normalized spacial score (nSPS) is 35.1. The van der Waals surface area contributed by atoms with E-state index in [4.69, 9.17) is 28.4 Å². The van der Waals surface area contributed by atoms with Gasteiger partial charge in [-0.2, -0.15) is 0 Å². The van der Waals surface area contributed by atoms with E-state index in [1.165, 1.54) is 21.1 Å². The number of Topliss-reactive ketones (excluding diaryl/α,β-unsaturated/α-hetero) is 3. The summed E-state index contributed by atoms with van der Waals surface area (Å²) in [6, 6.07) is -1.20. The molecule has 2 saturated heterocycles. The van der Waals surface area contributed by atoms with Gasteiger partial charge in [0.2, 0.25) is 5.79 Å². The minimum absolute atomic E-state index is 0.00428. The molecule has 17 nitrogen and oxygen atoms in total. The predicted molar refractivity (Wildman–Crippen MR) is 271 cm³/mol. The largest absolute Gasteiger partial charge is 0.460 e. The average molecular weight is 1030 g/mol. The fourth-order valence-electron chi connectivity index (χ4n) is 10.7. The number of amides is 1. The Morgan fingerprint density at radius 3 is 2.22 bits per heavy atom. The monoisotopic (exact) mass is 1030 g/mol. The molecule has 15 atom stereocenters. The molecule has 0 spiro atoms. The van der Waals surface area contributed by atoms with E-state index in [1.807, 2.05) is 51.2 Å². The molecule has 3 heterocycles. The minimum Gasteiger partial charge on any atom is -0.460 e. The van der Waals surface area contributed by atoms with Crippen LogP contribution in [-0.2, 0) is 57.2 Å². The highest BCUT2D eigenvalue weighted by Gasteiger charge is 2.53. The number of rotatable bonds is 10. The Kier molecular flexibility index (Phi) is 23.9. The van der Waals surface area contributed by atoms with Crippen LogP contribution >= 0.6 is 0 Å². The number of aliphatic hydroxyl groups excluding tert-OH is 3. The molecule has 0 aromatic carbocycles. The number of carbonyl (C=O) groups is 6. The molecule has 1 saturated carbocycles. The molecule has 412 valence electrons. The zero-order valence-electron chi connectivity index (χ0n) is 45.3. The van der Waals surface area contributed by atoms with Gasteiger partial charge in [-0.25, -0.2) is 4.79 Å². The van der Waals surface area contributed by atoms with Crippen molar-refractivity contribution in [2.45, 2.75) is 187 Å². The van der Waals surface area contributed by atoms with Crippen LogP contribution < -0.4 is 0 Å². The van der Waals surface area contributed by atoms with Gasteiger partial charge in [-0.05, 0) is 114 Å². The summed E-state index contributed by atoms with van der Waals surface area (Å²) in [7, 11) is 4.44. The topological polar surface area (TPSA) is 242 Å². The first kappa shape index (κ1) is 61.6. The van der Waals surface area contributed by atoms with Crippen LogP contribution in [0, 0.1) is 40.9 Å². The number of esters is 2. The summed E-state index contributed by atoms with van der Waals surface area (Å²) >= 11 is 0. The molecule has 0 aromatic rings. The van der Waals surface area contributed by atoms with Crippen LogP contribution in [0.4, 0.5) is 0 Å². The lowest BCUT2D eigenvalue weighted by molar-refractivity contribution is -0.265. The van der Waals surface area contributed by atoms with Gasteiger partial charge in [0.1, 0.15) is 29.8 Å². The van der Waals surface area contributed by atoms with Crippen LogP contribution in [0.1, 0.15) is 132 Å². The summed E-state index contributed by atoms with van der Waals surface area (Å²) in [4.78, 5) is 85.4. The summed E-state index contributed by atoms with van der Waals surface area (Å²) in [6.07, 6.45) is 9.81. The summed E-state index contributed by atoms with van der Waals surface area (Å²) in [5.74, 6) is -9.33. The molecule has 3 fully saturated rings. The number of aliphatic hydroxyl groups is 4. The molecule has 73 heavy (non-hydrogen) atoms. The van der Waals surface area contributed by atoms with Crippen molar-refractivity contribution in [2.75, 3.05) is 41.1 Å². The van der Waals surface area contributed by atoms with E-state index in [2.05, 4.69) is 0 Å². The van der Waals surface area contributed by atoms with E-state index in [1.54, 1.807) is 40.9 Å². The molecular formula is C56H87NO16. The Morgan fingerprint density at radius 2 is 1.58 bits per heavy atom. The van der Waals surface area contributed by atoms with Gasteiger partial charge in [0.15, 0.2) is 11.6 Å². The van der Waals surface area contributed by atoms with Gasteiger partial charge in [0, 0.05) is 58.5 Å². The first-order chi connectivity index (χ1) is 34.5. The second kappa shape index (κ2) is 28.3. The van der Waals surface area contributed by atoms with E-state index in [0.29, 0.717) is 64.2 Å². The van der Waals surface area contributed by atoms with Gasteiger partial charge in [-0.3, -0.25) is 24.0 Å². The highest BCUT2D eigenvalue weighted by molar-refractivity contribution is 6.39. The zero-order chi connectivity index (χ0) is 54.4. The standard InChI is InChI=1S/C56H87NO16/c1-33-17-13-12-14-18-34(2)45(68-9)29-41-22-20-39(7)56(67,73-41)51(63)52(64)57-24-16-15-19-42(57)53(65)71-46(30-43(60)35(3)26-38(6)49(62)50(70-11)48(61)37(5)25-33)36(4)27-40-21-23-44(47(28-40)69-10)72-54(66)55(8,31-58)32-59/h12-14,17-18,26,33,36-42,44-47,49-50,58-59,62,67H,15-16,19-25,27-32H2,1-11H3/t33-,36?,37-,38?,39-,40?,41+,42+,44-,45+,46+,47-,49-,50+,56-/m1/s1. The second-order valence-electron chi connectivity index (χ2n) is 21.9. The summed E-state index contributed by atoms with van der Waals surface area (Å²) < 4.78 is 35.4. The molecule has 3 unspecified atom stereocenters. The molecule has 4 N–H and O–H groups in total. The van der Waals surface area contributed by atoms with Gasteiger partial charge in [-0.15, -0.1) is 0 Å². The van der Waals surface area contributed by atoms with Crippen LogP contribution in [0.15, 0.2) is 47.6 Å². The number of piperidine rings is 1. The number of fused-ring (bicyclic) bond motifs is 3. The Balaban J connectivity index is 1.69. The quantitative estimate of drug-likeness (QED) is 0.151. The number of methoxy groups -OCH3 is 3. The number of hydrogen-bond donors (Lipinski definition) is 4. The van der Waals surface area contributed by atoms with Gasteiger partial charge in [0.25, 0.3) is 11.7 Å². The van der Waals surface area contributed by atoms with Crippen LogP contribution in [0.25, 0.3) is 0 Å². The number of cyclic esters (lactones) is 1. The SMILES string of the molecule is CO[C@H]1C[C@@H]2CC[C@@H](C)[C@@](O)(O2)C(=O)C(=O)N2CCCC[C@H]2C(=O)O[C@H](C(C)CC2CC[C@@H](OC(=O)C(C)(CO)CO)[C@H](OC)C2)CC(=O)C(C)=CC(C)[C@@H](O)[C@@H](OC)C(=O)[C@H](C)C[C@H](C)C=CC=CC=C1C. The van der Waals surface area contributed by atoms with Crippen molar-refractivity contribution in [2.24, 2.45) is 40.9 Å². The molecule has 1 amide bonds. The average Bonchev–Trinajstić information content (AvgIpc) is 3.37. The van der Waals surface area contributed by atoms with Crippen molar-refractivity contribution in [3.63, 3.8) is 0 Å². The molecule has 4 aliphatic rings. The molecule has 2 bridgehead atoms. The molecule has 4 rings (SSSR count). The van der Waals surface area contributed by atoms with Crippen molar-refractivity contribution < 1.29 is 77.6 Å². The fourth-order valence-corrected chi connectivity index (χ4v) is 10.7. The lowest BCUT2D eigenvalue weighted by atomic mass is 9.78. The number of ether oxygens (including phenoxy) is 6. The highest BCUT2D eigenvalue weighted by Crippen LogP contribution is 2.38. The van der Waals surface area contributed by atoms with Gasteiger partial charge >= 0.3 is 11.9 Å². The van der Waals surface area contributed by atoms with Crippen LogP contribution in [0.5, 0.6) is 0 Å². The van der Waals surface area contributed by atoms with E-state index >= 15 is 0 Å². The number of hydrogen-bond acceptors (Lipinski definition) is 16. The Hall–Kier alpha value is -3.94. The van der Waals surface area contributed by atoms with E-state index in [-0.39, 0.29) is 48.4 Å². The molecule has 3 aliphatic heterocycles. The smallest absolute Gasteiger partial charge is 0.329 e. The third-order valence-corrected chi connectivity index (χ3v) is 15.9. The second-order valence-corrected chi connectivity index (χ2v) is 21.9. The number of nitrogens with zero attached hydrogens (tertiary/aromatic N) is 1. The summed E-state index contributed by atoms with van der Waals surface area (Å²) in [5.41, 5.74) is -0.363. The Labute approximate surface area is 433 Å². The fraction of sp³-hybridized carbons (Fsp3) is 0.750. The maximum Gasteiger partial charge on any atom is 0.329 e. The van der Waals surface area contributed by atoms with Crippen LogP contribution in [0.3, 0.4) is 0 Å². The number of ketones is 3. The third-order valence-electron chi connectivity index (χ3n) is 15.9. The van der Waals surface area contributed by atoms with Crippen molar-refractivity contribution >= 4 is 35.2 Å². The van der Waals surface area contributed by atoms with Crippen LogP contribution in [0.2, 0.25) is 0 Å². The maximum absolute atomic E-state index is 14.5. The predicted octanol–water partition coefficient (Wildman–Crippen LogP) is 5.72. The zero-order valence-corrected chi connectivity index (χ0v) is 45.3. The van der Waals surface area contributed by atoms with Gasteiger partial charge < -0.3 is 53.7 Å². The van der Waals surface area contributed by atoms with Crippen molar-refractivity contribution in [1.29, 1.82) is 0 Å². The van der Waals surface area contributed by atoms with Gasteiger partial charge in [-0.1, -0.05) is 71.1 Å². The lowest BCUT2D eigenvalue weighted by Gasteiger charge is -2.42. The Morgan fingerprint density at radius 1 is 0.877 bits per heavy atom. The van der Waals surface area contributed by atoms with E-state index in [9.17, 15) is 49.2 Å². The van der Waals surface area contributed by atoms with E-state index < -0.39 is 120 Å². The maximum atomic E-state index is 14.5. The summed E-state index contributed by atoms with van der Waals surface area (Å²) in [6.45, 7) is 12.7. The molecule has 1 aliphatic carbocycles. The minimum atomic E-state index is -2.47. The summed E-state index contributed by atoms with van der Waals surface area (Å²) in [5, 5.41) is 43.1. The Bertz CT molecular complexity index is 2010. The first-order valence-corrected chi connectivity index (χ1v) is 26.4. The van der Waals surface area contributed by atoms with Crippen LogP contribution in [-0.4, -0.2) is 156 Å². The number of carbonyl (C=O) groups excluding carboxylic acids is 6. The van der Waals surface area contributed by atoms with E-state index in [0.717, 1.165) is 10.5 Å². The molecule has 0 aromatic heterocycles. The number of allylic oxidation sites excluding steroid dienone is 6. The molecule has 0 radical (unpaired) electrons. The van der Waals surface area contributed by atoms with Crippen molar-refractivity contribution in [3.8, 4) is 0 Å². The third kappa shape index (κ3) is 16.0. The van der Waals surface area contributed by atoms with Gasteiger partial charge in [0.05, 0.1) is 37.6 Å².